The normalized spacial score (nSPS) is 19.6. The van der Waals surface area contributed by atoms with Crippen molar-refractivity contribution >= 4 is 17.3 Å². The maximum atomic E-state index is 11.3. The third-order valence-corrected chi connectivity index (χ3v) is 3.82. The Labute approximate surface area is 113 Å². The average molecular weight is 263 g/mol. The maximum absolute atomic E-state index is 11.3. The van der Waals surface area contributed by atoms with Crippen molar-refractivity contribution in [2.24, 2.45) is 0 Å². The summed E-state index contributed by atoms with van der Waals surface area (Å²) >= 11 is 0. The molecule has 5 nitrogen and oxygen atoms in total. The number of rotatable bonds is 4. The minimum absolute atomic E-state index is 0.303. The van der Waals surface area contributed by atoms with E-state index in [1.807, 2.05) is 11.9 Å². The van der Waals surface area contributed by atoms with E-state index in [9.17, 15) is 9.90 Å². The van der Waals surface area contributed by atoms with E-state index in [4.69, 9.17) is 5.73 Å². The van der Waals surface area contributed by atoms with E-state index in [0.717, 1.165) is 19.5 Å². The van der Waals surface area contributed by atoms with E-state index < -0.39 is 5.97 Å². The number of nitrogen functional groups attached to an aromatic ring is 1. The molecule has 1 aliphatic heterocycles. The predicted molar refractivity (Wildman–Crippen MR) is 76.7 cm³/mol. The smallest absolute Gasteiger partial charge is 0.337 e. The zero-order valence-corrected chi connectivity index (χ0v) is 11.5. The zero-order valence-electron chi connectivity index (χ0n) is 11.5. The first-order valence-corrected chi connectivity index (χ1v) is 6.53. The van der Waals surface area contributed by atoms with E-state index in [2.05, 4.69) is 11.9 Å². The molecule has 1 fully saturated rings. The lowest BCUT2D eigenvalue weighted by atomic mass is 10.1. The SMILES string of the molecule is CN(CC1CCCN1C)c1cc(N)ccc1C(=O)O. The van der Waals surface area contributed by atoms with Crippen molar-refractivity contribution < 1.29 is 9.90 Å². The van der Waals surface area contributed by atoms with Gasteiger partial charge in [-0.15, -0.1) is 0 Å². The van der Waals surface area contributed by atoms with Gasteiger partial charge in [-0.2, -0.15) is 0 Å². The van der Waals surface area contributed by atoms with Gasteiger partial charge >= 0.3 is 5.97 Å². The largest absolute Gasteiger partial charge is 0.478 e. The first kappa shape index (κ1) is 13.7. The van der Waals surface area contributed by atoms with Crippen LogP contribution in [0.25, 0.3) is 0 Å². The highest BCUT2D eigenvalue weighted by atomic mass is 16.4. The summed E-state index contributed by atoms with van der Waals surface area (Å²) < 4.78 is 0. The molecule has 1 aliphatic rings. The highest BCUT2D eigenvalue weighted by Gasteiger charge is 2.23. The van der Waals surface area contributed by atoms with E-state index in [-0.39, 0.29) is 0 Å². The fourth-order valence-electron chi connectivity index (χ4n) is 2.67. The summed E-state index contributed by atoms with van der Waals surface area (Å²) in [6, 6.07) is 5.41. The third kappa shape index (κ3) is 2.98. The van der Waals surface area contributed by atoms with Gasteiger partial charge in [-0.1, -0.05) is 0 Å². The Morgan fingerprint density at radius 1 is 1.58 bits per heavy atom. The molecule has 1 unspecified atom stereocenters. The highest BCUT2D eigenvalue weighted by Crippen LogP contribution is 2.25. The van der Waals surface area contributed by atoms with E-state index >= 15 is 0 Å². The summed E-state index contributed by atoms with van der Waals surface area (Å²) in [4.78, 5) is 15.6. The molecule has 3 N–H and O–H groups in total. The molecule has 0 saturated carbocycles. The van der Waals surface area contributed by atoms with Crippen LogP contribution in [0.4, 0.5) is 11.4 Å². The van der Waals surface area contributed by atoms with E-state index in [0.29, 0.717) is 23.0 Å². The molecule has 5 heteroatoms. The molecule has 0 aliphatic carbocycles. The van der Waals surface area contributed by atoms with Gasteiger partial charge in [0, 0.05) is 25.3 Å². The Kier molecular flexibility index (Phi) is 3.95. The van der Waals surface area contributed by atoms with Gasteiger partial charge in [-0.25, -0.2) is 4.79 Å². The number of carboxylic acid groups (broad SMARTS) is 1. The summed E-state index contributed by atoms with van der Waals surface area (Å²) in [6.07, 6.45) is 2.36. The van der Waals surface area contributed by atoms with Gasteiger partial charge < -0.3 is 20.6 Å². The molecular weight excluding hydrogens is 242 g/mol. The van der Waals surface area contributed by atoms with Gasteiger partial charge in [-0.3, -0.25) is 0 Å². The van der Waals surface area contributed by atoms with Crippen LogP contribution in [-0.4, -0.2) is 49.2 Å². The number of benzene rings is 1. The topological polar surface area (TPSA) is 69.8 Å². The van der Waals surface area contributed by atoms with E-state index in [1.165, 1.54) is 6.42 Å². The van der Waals surface area contributed by atoms with Crippen molar-refractivity contribution in [1.29, 1.82) is 0 Å². The molecule has 0 radical (unpaired) electrons. The van der Waals surface area contributed by atoms with Gasteiger partial charge in [0.1, 0.15) is 0 Å². The number of hydrogen-bond donors (Lipinski definition) is 2. The Hall–Kier alpha value is -1.75. The monoisotopic (exact) mass is 263 g/mol. The number of hydrogen-bond acceptors (Lipinski definition) is 4. The number of likely N-dealkylation sites (tertiary alicyclic amines) is 1. The number of anilines is 2. The van der Waals surface area contributed by atoms with Crippen molar-refractivity contribution in [3.63, 3.8) is 0 Å². The lowest BCUT2D eigenvalue weighted by Gasteiger charge is -2.28. The van der Waals surface area contributed by atoms with E-state index in [1.54, 1.807) is 18.2 Å². The van der Waals surface area contributed by atoms with Gasteiger partial charge in [0.2, 0.25) is 0 Å². The van der Waals surface area contributed by atoms with Gasteiger partial charge in [0.25, 0.3) is 0 Å². The second-order valence-corrected chi connectivity index (χ2v) is 5.24. The highest BCUT2D eigenvalue weighted by molar-refractivity contribution is 5.95. The van der Waals surface area contributed by atoms with Gasteiger partial charge in [0.05, 0.1) is 11.3 Å². The molecule has 0 amide bonds. The van der Waals surface area contributed by atoms with Crippen LogP contribution in [0.2, 0.25) is 0 Å². The molecule has 1 aromatic carbocycles. The second kappa shape index (κ2) is 5.48. The van der Waals surface area contributed by atoms with Gasteiger partial charge in [0.15, 0.2) is 0 Å². The van der Waals surface area contributed by atoms with Crippen molar-refractivity contribution in [3.05, 3.63) is 23.8 Å². The minimum Gasteiger partial charge on any atom is -0.478 e. The minimum atomic E-state index is -0.915. The lowest BCUT2D eigenvalue weighted by molar-refractivity contribution is 0.0697. The summed E-state index contributed by atoms with van der Waals surface area (Å²) in [5.41, 5.74) is 7.35. The summed E-state index contributed by atoms with van der Waals surface area (Å²) in [5.74, 6) is -0.915. The second-order valence-electron chi connectivity index (χ2n) is 5.24. The standard InChI is InChI=1S/C14H21N3O2/c1-16-7-3-4-11(16)9-17(2)13-8-10(15)5-6-12(13)14(18)19/h5-6,8,11H,3-4,7,9,15H2,1-2H3,(H,18,19). The molecule has 0 spiro atoms. The first-order chi connectivity index (χ1) is 8.99. The fourth-order valence-corrected chi connectivity index (χ4v) is 2.67. The van der Waals surface area contributed by atoms with Crippen LogP contribution in [0.1, 0.15) is 23.2 Å². The van der Waals surface area contributed by atoms with Crippen LogP contribution in [0.15, 0.2) is 18.2 Å². The van der Waals surface area contributed by atoms with Crippen molar-refractivity contribution in [1.82, 2.24) is 4.90 Å². The Bertz CT molecular complexity index is 476. The molecule has 1 heterocycles. The summed E-state index contributed by atoms with van der Waals surface area (Å²) in [7, 11) is 4.04. The molecular formula is C14H21N3O2. The van der Waals surface area contributed by atoms with Crippen LogP contribution in [-0.2, 0) is 0 Å². The zero-order chi connectivity index (χ0) is 14.0. The molecule has 0 bridgehead atoms. The van der Waals surface area contributed by atoms with Crippen LogP contribution in [0, 0.1) is 0 Å². The van der Waals surface area contributed by atoms with Crippen molar-refractivity contribution in [2.45, 2.75) is 18.9 Å². The fraction of sp³-hybridized carbons (Fsp3) is 0.500. The predicted octanol–water partition coefficient (Wildman–Crippen LogP) is 1.50. The lowest BCUT2D eigenvalue weighted by Crippen LogP contribution is -2.37. The number of carbonyl (C=O) groups is 1. The maximum Gasteiger partial charge on any atom is 0.337 e. The molecule has 2 rings (SSSR count). The third-order valence-electron chi connectivity index (χ3n) is 3.82. The average Bonchev–Trinajstić information content (AvgIpc) is 2.74. The van der Waals surface area contributed by atoms with Crippen molar-refractivity contribution in [3.8, 4) is 0 Å². The number of nitrogens with two attached hydrogens (primary N) is 1. The molecule has 104 valence electrons. The van der Waals surface area contributed by atoms with Crippen LogP contribution >= 0.6 is 0 Å². The summed E-state index contributed by atoms with van der Waals surface area (Å²) in [6.45, 7) is 1.93. The first-order valence-electron chi connectivity index (χ1n) is 6.53. The quantitative estimate of drug-likeness (QED) is 0.806. The Morgan fingerprint density at radius 3 is 2.89 bits per heavy atom. The van der Waals surface area contributed by atoms with Crippen LogP contribution in [0.5, 0.6) is 0 Å². The number of likely N-dealkylation sites (N-methyl/N-ethyl adjacent to an activating group) is 2. The van der Waals surface area contributed by atoms with Crippen LogP contribution < -0.4 is 10.6 Å². The van der Waals surface area contributed by atoms with Gasteiger partial charge in [-0.05, 0) is 44.6 Å². The summed E-state index contributed by atoms with van der Waals surface area (Å²) in [5, 5.41) is 9.24. The van der Waals surface area contributed by atoms with Crippen LogP contribution in [0.3, 0.4) is 0 Å². The Balaban J connectivity index is 2.20. The number of nitrogens with zero attached hydrogens (tertiary/aromatic N) is 2. The van der Waals surface area contributed by atoms with Crippen molar-refractivity contribution in [2.75, 3.05) is 37.8 Å². The molecule has 19 heavy (non-hydrogen) atoms. The number of aromatic carboxylic acids is 1. The molecule has 1 aromatic rings. The molecule has 0 aromatic heterocycles. The Morgan fingerprint density at radius 2 is 2.32 bits per heavy atom. The number of carboxylic acids is 1. The molecule has 1 saturated heterocycles. The molecule has 1 atom stereocenters.